The first-order chi connectivity index (χ1) is 8.59. The highest BCUT2D eigenvalue weighted by molar-refractivity contribution is 5.83. The van der Waals surface area contributed by atoms with Crippen LogP contribution in [0.2, 0.25) is 0 Å². The summed E-state index contributed by atoms with van der Waals surface area (Å²) in [5.41, 5.74) is 0.196. The lowest BCUT2D eigenvalue weighted by atomic mass is 9.71. The van der Waals surface area contributed by atoms with Gasteiger partial charge in [-0.1, -0.05) is 25.0 Å². The number of methoxy groups -OCH3 is 1. The third kappa shape index (κ3) is 2.14. The molecule has 0 aromatic heterocycles. The van der Waals surface area contributed by atoms with E-state index in [-0.39, 0.29) is 17.7 Å². The Morgan fingerprint density at radius 3 is 2.33 bits per heavy atom. The van der Waals surface area contributed by atoms with Gasteiger partial charge in [-0.05, 0) is 43.4 Å². The number of rotatable bonds is 3. The average Bonchev–Trinajstić information content (AvgIpc) is 2.92. The first-order valence-electron chi connectivity index (χ1n) is 6.43. The predicted molar refractivity (Wildman–Crippen MR) is 67.7 cm³/mol. The highest BCUT2D eigenvalue weighted by Crippen LogP contribution is 2.43. The van der Waals surface area contributed by atoms with E-state index in [9.17, 15) is 9.18 Å². The maximum atomic E-state index is 13.0. The number of carbonyl (C=O) groups is 1. The Morgan fingerprint density at radius 1 is 1.28 bits per heavy atom. The lowest BCUT2D eigenvalue weighted by Gasteiger charge is -2.33. The Morgan fingerprint density at radius 2 is 1.83 bits per heavy atom. The van der Waals surface area contributed by atoms with Crippen LogP contribution < -0.4 is 0 Å². The summed E-state index contributed by atoms with van der Waals surface area (Å²) in [5.74, 6) is -0.214. The van der Waals surface area contributed by atoms with E-state index in [1.165, 1.54) is 19.2 Å². The fourth-order valence-corrected chi connectivity index (χ4v) is 3.03. The Kier molecular flexibility index (Phi) is 3.69. The molecule has 3 heteroatoms. The number of hydrogen-bond donors (Lipinski definition) is 0. The Labute approximate surface area is 107 Å². The summed E-state index contributed by atoms with van der Waals surface area (Å²) in [6.45, 7) is 1.92. The first-order valence-corrected chi connectivity index (χ1v) is 6.43. The van der Waals surface area contributed by atoms with Crippen molar-refractivity contribution in [3.8, 4) is 0 Å². The van der Waals surface area contributed by atoms with Crippen molar-refractivity contribution in [3.63, 3.8) is 0 Å². The summed E-state index contributed by atoms with van der Waals surface area (Å²) in [6, 6.07) is 6.21. The van der Waals surface area contributed by atoms with Crippen molar-refractivity contribution in [1.82, 2.24) is 0 Å². The third-order valence-electron chi connectivity index (χ3n) is 4.23. The largest absolute Gasteiger partial charge is 0.468 e. The molecule has 0 N–H and O–H groups in total. The van der Waals surface area contributed by atoms with Gasteiger partial charge in [-0.3, -0.25) is 4.79 Å². The van der Waals surface area contributed by atoms with Crippen molar-refractivity contribution < 1.29 is 13.9 Å². The van der Waals surface area contributed by atoms with Gasteiger partial charge in [-0.25, -0.2) is 4.39 Å². The number of hydrogen-bond acceptors (Lipinski definition) is 2. The fourth-order valence-electron chi connectivity index (χ4n) is 3.03. The van der Waals surface area contributed by atoms with Crippen LogP contribution in [0, 0.1) is 11.7 Å². The lowest BCUT2D eigenvalue weighted by Crippen LogP contribution is -2.40. The van der Waals surface area contributed by atoms with Crippen LogP contribution in [0.3, 0.4) is 0 Å². The summed E-state index contributed by atoms with van der Waals surface area (Å²) < 4.78 is 18.0. The molecule has 1 atom stereocenters. The molecule has 0 aliphatic heterocycles. The Balaban J connectivity index is 2.40. The molecule has 98 valence electrons. The van der Waals surface area contributed by atoms with Gasteiger partial charge in [0.25, 0.3) is 0 Å². The molecule has 0 radical (unpaired) electrons. The van der Waals surface area contributed by atoms with Gasteiger partial charge in [0.2, 0.25) is 0 Å². The molecular formula is C15H19FO2. The molecule has 1 aliphatic carbocycles. The highest BCUT2D eigenvalue weighted by Gasteiger charge is 2.44. The van der Waals surface area contributed by atoms with Gasteiger partial charge in [0.05, 0.1) is 12.5 Å². The van der Waals surface area contributed by atoms with E-state index in [1.807, 2.05) is 6.92 Å². The minimum absolute atomic E-state index is 0.221. The Hall–Kier alpha value is -1.38. The first kappa shape index (κ1) is 13.1. The van der Waals surface area contributed by atoms with Crippen LogP contribution in [-0.2, 0) is 14.9 Å². The van der Waals surface area contributed by atoms with E-state index < -0.39 is 5.41 Å². The molecular weight excluding hydrogens is 231 g/mol. The topological polar surface area (TPSA) is 26.3 Å². The van der Waals surface area contributed by atoms with Gasteiger partial charge >= 0.3 is 5.97 Å². The van der Waals surface area contributed by atoms with Gasteiger partial charge in [0.1, 0.15) is 5.82 Å². The van der Waals surface area contributed by atoms with Crippen LogP contribution in [0.4, 0.5) is 4.39 Å². The number of esters is 1. The molecule has 1 saturated carbocycles. The summed E-state index contributed by atoms with van der Waals surface area (Å²) in [4.78, 5) is 12.2. The number of ether oxygens (including phenoxy) is 1. The number of benzene rings is 1. The smallest absolute Gasteiger partial charge is 0.316 e. The van der Waals surface area contributed by atoms with Gasteiger partial charge in [-0.2, -0.15) is 0 Å². The van der Waals surface area contributed by atoms with Crippen molar-refractivity contribution >= 4 is 5.97 Å². The zero-order valence-electron chi connectivity index (χ0n) is 10.9. The zero-order chi connectivity index (χ0) is 13.2. The molecule has 2 nitrogen and oxygen atoms in total. The van der Waals surface area contributed by atoms with Crippen LogP contribution in [0.15, 0.2) is 24.3 Å². The van der Waals surface area contributed by atoms with Crippen molar-refractivity contribution in [2.45, 2.75) is 38.0 Å². The minimum atomic E-state index is -0.654. The van der Waals surface area contributed by atoms with Crippen molar-refractivity contribution in [3.05, 3.63) is 35.6 Å². The molecule has 0 saturated heterocycles. The van der Waals surface area contributed by atoms with Crippen molar-refractivity contribution in [2.75, 3.05) is 7.11 Å². The second kappa shape index (κ2) is 5.09. The van der Waals surface area contributed by atoms with Crippen LogP contribution >= 0.6 is 0 Å². The maximum absolute atomic E-state index is 13.0. The van der Waals surface area contributed by atoms with Crippen LogP contribution in [0.1, 0.15) is 38.2 Å². The van der Waals surface area contributed by atoms with Gasteiger partial charge < -0.3 is 4.74 Å². The van der Waals surface area contributed by atoms with Gasteiger partial charge in [0.15, 0.2) is 0 Å². The van der Waals surface area contributed by atoms with E-state index in [0.29, 0.717) is 0 Å². The third-order valence-corrected chi connectivity index (χ3v) is 4.23. The summed E-state index contributed by atoms with van der Waals surface area (Å²) in [7, 11) is 1.42. The quantitative estimate of drug-likeness (QED) is 0.768. The van der Waals surface area contributed by atoms with Gasteiger partial charge in [0, 0.05) is 0 Å². The number of halogens is 1. The normalized spacial score (nSPS) is 19.5. The molecule has 1 aliphatic rings. The second-order valence-corrected chi connectivity index (χ2v) is 5.18. The maximum Gasteiger partial charge on any atom is 0.316 e. The highest BCUT2D eigenvalue weighted by atomic mass is 19.1. The summed E-state index contributed by atoms with van der Waals surface area (Å²) in [5, 5.41) is 0. The molecule has 0 bridgehead atoms. The zero-order valence-corrected chi connectivity index (χ0v) is 10.9. The van der Waals surface area contributed by atoms with Crippen molar-refractivity contribution in [1.29, 1.82) is 0 Å². The molecule has 0 heterocycles. The Bertz CT molecular complexity index is 421. The lowest BCUT2D eigenvalue weighted by molar-refractivity contribution is -0.149. The molecule has 1 fully saturated rings. The van der Waals surface area contributed by atoms with Crippen molar-refractivity contribution in [2.24, 2.45) is 5.92 Å². The summed E-state index contributed by atoms with van der Waals surface area (Å²) >= 11 is 0. The van der Waals surface area contributed by atoms with E-state index in [4.69, 9.17) is 4.74 Å². The van der Waals surface area contributed by atoms with Gasteiger partial charge in [-0.15, -0.1) is 0 Å². The average molecular weight is 250 g/mol. The van der Waals surface area contributed by atoms with Crippen LogP contribution in [0.25, 0.3) is 0 Å². The molecule has 0 spiro atoms. The van der Waals surface area contributed by atoms with E-state index in [2.05, 4.69) is 0 Å². The molecule has 1 aromatic rings. The fraction of sp³-hybridized carbons (Fsp3) is 0.533. The minimum Gasteiger partial charge on any atom is -0.468 e. The van der Waals surface area contributed by atoms with Crippen LogP contribution in [0.5, 0.6) is 0 Å². The van der Waals surface area contributed by atoms with E-state index in [0.717, 1.165) is 31.2 Å². The standard InChI is InChI=1S/C15H19FO2/c1-15(14(17)18-2,11-5-3-4-6-11)12-7-9-13(16)10-8-12/h7-11H,3-6H2,1-2H3. The molecule has 18 heavy (non-hydrogen) atoms. The SMILES string of the molecule is COC(=O)C(C)(c1ccc(F)cc1)C1CCCC1. The molecule has 1 unspecified atom stereocenters. The monoisotopic (exact) mass is 250 g/mol. The molecule has 1 aromatic carbocycles. The van der Waals surface area contributed by atoms with E-state index >= 15 is 0 Å². The molecule has 2 rings (SSSR count). The predicted octanol–water partition coefficient (Wildman–Crippen LogP) is 3.45. The van der Waals surface area contributed by atoms with E-state index in [1.54, 1.807) is 12.1 Å². The van der Waals surface area contributed by atoms with Crippen LogP contribution in [-0.4, -0.2) is 13.1 Å². The summed E-state index contributed by atoms with van der Waals surface area (Å²) in [6.07, 6.45) is 4.36. The molecule has 0 amide bonds. The number of carbonyl (C=O) groups excluding carboxylic acids is 1. The second-order valence-electron chi connectivity index (χ2n) is 5.18.